The molecule has 0 spiro atoms. The lowest BCUT2D eigenvalue weighted by atomic mass is 10.2. The maximum absolute atomic E-state index is 10.8. The van der Waals surface area contributed by atoms with Crippen LogP contribution >= 0.6 is 0 Å². The van der Waals surface area contributed by atoms with Crippen LogP contribution in [0.25, 0.3) is 0 Å². The van der Waals surface area contributed by atoms with Crippen LogP contribution in [-0.2, 0) is 0 Å². The Hall–Kier alpha value is -2.63. The molecule has 0 saturated carbocycles. The number of carboxylic acid groups (broad SMARTS) is 1. The Bertz CT molecular complexity index is 598. The Morgan fingerprint density at radius 1 is 1.44 bits per heavy atom. The number of rotatable bonds is 3. The number of hydrogen-bond acceptors (Lipinski definition) is 5. The highest BCUT2D eigenvalue weighted by atomic mass is 16.4. The SMILES string of the molecule is Cc1nc(N)ncc1Nc1cccc(C(=O)O)c1. The molecule has 2 rings (SSSR count). The molecule has 18 heavy (non-hydrogen) atoms. The summed E-state index contributed by atoms with van der Waals surface area (Å²) in [7, 11) is 0. The van der Waals surface area contributed by atoms with Crippen molar-refractivity contribution in [2.24, 2.45) is 0 Å². The second-order valence-corrected chi connectivity index (χ2v) is 3.74. The average molecular weight is 244 g/mol. The summed E-state index contributed by atoms with van der Waals surface area (Å²) in [5.74, 6) is -0.763. The first-order valence-corrected chi connectivity index (χ1v) is 5.26. The molecule has 0 radical (unpaired) electrons. The Labute approximate surface area is 104 Å². The van der Waals surface area contributed by atoms with Gasteiger partial charge in [-0.05, 0) is 25.1 Å². The molecule has 0 amide bonds. The molecule has 1 aromatic carbocycles. The number of aromatic nitrogens is 2. The Balaban J connectivity index is 2.28. The smallest absolute Gasteiger partial charge is 0.335 e. The normalized spacial score (nSPS) is 10.1. The molecule has 0 bridgehead atoms. The van der Waals surface area contributed by atoms with Gasteiger partial charge in [0, 0.05) is 5.69 Å². The summed E-state index contributed by atoms with van der Waals surface area (Å²) in [4.78, 5) is 18.7. The fraction of sp³-hybridized carbons (Fsp3) is 0.0833. The maximum atomic E-state index is 10.8. The Kier molecular flexibility index (Phi) is 3.09. The predicted molar refractivity (Wildman–Crippen MR) is 67.9 cm³/mol. The van der Waals surface area contributed by atoms with Gasteiger partial charge in [-0.25, -0.2) is 14.8 Å². The van der Waals surface area contributed by atoms with Gasteiger partial charge < -0.3 is 16.2 Å². The molecular formula is C12H12N4O2. The number of carboxylic acids is 1. The number of nitrogens with two attached hydrogens (primary N) is 1. The predicted octanol–water partition coefficient (Wildman–Crippen LogP) is 1.81. The number of nitrogens with zero attached hydrogens (tertiary/aromatic N) is 2. The molecule has 92 valence electrons. The number of nitrogen functional groups attached to an aromatic ring is 1. The summed E-state index contributed by atoms with van der Waals surface area (Å²) in [5.41, 5.74) is 7.72. The molecule has 2 aromatic rings. The van der Waals surface area contributed by atoms with Crippen molar-refractivity contribution in [2.75, 3.05) is 11.1 Å². The van der Waals surface area contributed by atoms with E-state index in [2.05, 4.69) is 15.3 Å². The highest BCUT2D eigenvalue weighted by Crippen LogP contribution is 2.19. The minimum Gasteiger partial charge on any atom is -0.478 e. The van der Waals surface area contributed by atoms with Crippen LogP contribution < -0.4 is 11.1 Å². The molecule has 0 atom stereocenters. The minimum absolute atomic E-state index is 0.206. The van der Waals surface area contributed by atoms with Crippen LogP contribution in [0.4, 0.5) is 17.3 Å². The van der Waals surface area contributed by atoms with E-state index < -0.39 is 5.97 Å². The molecule has 0 aliphatic carbocycles. The zero-order chi connectivity index (χ0) is 13.1. The molecule has 0 saturated heterocycles. The van der Waals surface area contributed by atoms with E-state index in [0.717, 1.165) is 0 Å². The van der Waals surface area contributed by atoms with Gasteiger partial charge in [0.15, 0.2) is 0 Å². The quantitative estimate of drug-likeness (QED) is 0.761. The van der Waals surface area contributed by atoms with Crippen molar-refractivity contribution in [2.45, 2.75) is 6.92 Å². The van der Waals surface area contributed by atoms with E-state index in [1.54, 1.807) is 25.3 Å². The molecule has 4 N–H and O–H groups in total. The van der Waals surface area contributed by atoms with Gasteiger partial charge in [-0.1, -0.05) is 6.07 Å². The lowest BCUT2D eigenvalue weighted by molar-refractivity contribution is 0.0697. The number of anilines is 3. The summed E-state index contributed by atoms with van der Waals surface area (Å²) >= 11 is 0. The highest BCUT2D eigenvalue weighted by molar-refractivity contribution is 5.89. The Morgan fingerprint density at radius 3 is 2.89 bits per heavy atom. The molecule has 0 fully saturated rings. The first-order valence-electron chi connectivity index (χ1n) is 5.26. The summed E-state index contributed by atoms with van der Waals surface area (Å²) in [6.45, 7) is 1.79. The van der Waals surface area contributed by atoms with E-state index in [1.807, 2.05) is 0 Å². The van der Waals surface area contributed by atoms with Gasteiger partial charge in [-0.2, -0.15) is 0 Å². The molecule has 0 unspecified atom stereocenters. The monoisotopic (exact) mass is 244 g/mol. The third-order valence-corrected chi connectivity index (χ3v) is 2.39. The minimum atomic E-state index is -0.969. The maximum Gasteiger partial charge on any atom is 0.335 e. The lowest BCUT2D eigenvalue weighted by Crippen LogP contribution is -2.02. The third kappa shape index (κ3) is 2.54. The molecule has 1 heterocycles. The van der Waals surface area contributed by atoms with Crippen LogP contribution in [0.15, 0.2) is 30.5 Å². The van der Waals surface area contributed by atoms with Gasteiger partial charge in [-0.3, -0.25) is 0 Å². The summed E-state index contributed by atoms with van der Waals surface area (Å²) in [5, 5.41) is 11.9. The van der Waals surface area contributed by atoms with E-state index in [4.69, 9.17) is 10.8 Å². The van der Waals surface area contributed by atoms with Gasteiger partial charge in [-0.15, -0.1) is 0 Å². The van der Waals surface area contributed by atoms with E-state index in [9.17, 15) is 4.79 Å². The summed E-state index contributed by atoms with van der Waals surface area (Å²) in [6, 6.07) is 6.50. The summed E-state index contributed by atoms with van der Waals surface area (Å²) < 4.78 is 0. The first-order chi connectivity index (χ1) is 8.56. The highest BCUT2D eigenvalue weighted by Gasteiger charge is 2.05. The van der Waals surface area contributed by atoms with Crippen molar-refractivity contribution in [1.29, 1.82) is 0 Å². The molecule has 6 nitrogen and oxygen atoms in total. The molecule has 0 aliphatic heterocycles. The summed E-state index contributed by atoms with van der Waals surface area (Å²) in [6.07, 6.45) is 1.56. The zero-order valence-corrected chi connectivity index (χ0v) is 9.71. The third-order valence-electron chi connectivity index (χ3n) is 2.39. The van der Waals surface area contributed by atoms with E-state index in [0.29, 0.717) is 17.1 Å². The van der Waals surface area contributed by atoms with Crippen LogP contribution in [0.5, 0.6) is 0 Å². The second kappa shape index (κ2) is 4.70. The van der Waals surface area contributed by atoms with Crippen LogP contribution in [-0.4, -0.2) is 21.0 Å². The lowest BCUT2D eigenvalue weighted by Gasteiger charge is -2.09. The van der Waals surface area contributed by atoms with Gasteiger partial charge in [0.1, 0.15) is 0 Å². The van der Waals surface area contributed by atoms with Crippen molar-refractivity contribution in [1.82, 2.24) is 9.97 Å². The topological polar surface area (TPSA) is 101 Å². The van der Waals surface area contributed by atoms with Crippen molar-refractivity contribution in [3.05, 3.63) is 41.7 Å². The van der Waals surface area contributed by atoms with Gasteiger partial charge in [0.25, 0.3) is 0 Å². The number of nitrogens with one attached hydrogen (secondary N) is 1. The molecule has 6 heteroatoms. The van der Waals surface area contributed by atoms with Crippen LogP contribution in [0.3, 0.4) is 0 Å². The van der Waals surface area contributed by atoms with Crippen LogP contribution in [0, 0.1) is 6.92 Å². The standard InChI is InChI=1S/C12H12N4O2/c1-7-10(6-14-12(13)15-7)16-9-4-2-3-8(5-9)11(17)18/h2-6,16H,1H3,(H,17,18)(H2,13,14,15). The molecular weight excluding hydrogens is 232 g/mol. The molecule has 1 aromatic heterocycles. The van der Waals surface area contributed by atoms with Crippen LogP contribution in [0.2, 0.25) is 0 Å². The largest absolute Gasteiger partial charge is 0.478 e. The van der Waals surface area contributed by atoms with Crippen LogP contribution in [0.1, 0.15) is 16.1 Å². The van der Waals surface area contributed by atoms with Crippen molar-refractivity contribution >= 4 is 23.3 Å². The van der Waals surface area contributed by atoms with Gasteiger partial charge in [0.05, 0.1) is 23.1 Å². The number of hydrogen-bond donors (Lipinski definition) is 3. The van der Waals surface area contributed by atoms with E-state index >= 15 is 0 Å². The second-order valence-electron chi connectivity index (χ2n) is 3.74. The van der Waals surface area contributed by atoms with E-state index in [1.165, 1.54) is 12.1 Å². The fourth-order valence-corrected chi connectivity index (χ4v) is 1.49. The fourth-order valence-electron chi connectivity index (χ4n) is 1.49. The van der Waals surface area contributed by atoms with E-state index in [-0.39, 0.29) is 11.5 Å². The first kappa shape index (κ1) is 11.8. The molecule has 0 aliphatic rings. The Morgan fingerprint density at radius 2 is 2.22 bits per heavy atom. The van der Waals surface area contributed by atoms with Gasteiger partial charge in [0.2, 0.25) is 5.95 Å². The number of benzene rings is 1. The van der Waals surface area contributed by atoms with Gasteiger partial charge >= 0.3 is 5.97 Å². The van der Waals surface area contributed by atoms with Crippen molar-refractivity contribution in [3.8, 4) is 0 Å². The number of aryl methyl sites for hydroxylation is 1. The number of carbonyl (C=O) groups is 1. The zero-order valence-electron chi connectivity index (χ0n) is 9.71. The number of aromatic carboxylic acids is 1. The van der Waals surface area contributed by atoms with Crippen molar-refractivity contribution in [3.63, 3.8) is 0 Å². The van der Waals surface area contributed by atoms with Crippen molar-refractivity contribution < 1.29 is 9.90 Å². The average Bonchev–Trinajstić information content (AvgIpc) is 2.33.